The summed E-state index contributed by atoms with van der Waals surface area (Å²) in [5, 5.41) is 5.97. The molecule has 0 saturated heterocycles. The number of nitrogens with one attached hydrogen (secondary N) is 2. The summed E-state index contributed by atoms with van der Waals surface area (Å²) in [5.74, 6) is -2.36. The van der Waals surface area contributed by atoms with Crippen LogP contribution in [0.15, 0.2) is 48.5 Å². The Morgan fingerprint density at radius 3 is 2.41 bits per heavy atom. The number of nitrogens with two attached hydrogens (primary N) is 1. The quantitative estimate of drug-likeness (QED) is 0.411. The second kappa shape index (κ2) is 12.5. The molecule has 4 rings (SSSR count). The lowest BCUT2D eigenvalue weighted by Crippen LogP contribution is -2.55. The Hall–Kier alpha value is -3.68. The van der Waals surface area contributed by atoms with Crippen LogP contribution in [-0.2, 0) is 38.6 Å². The largest absolute Gasteiger partial charge is 0.369 e. The Kier molecular flexibility index (Phi) is 9.04. The number of anilines is 1. The topological polar surface area (TPSA) is 122 Å². The average molecular weight is 533 g/mol. The molecule has 4 atom stereocenters. The molecule has 0 fully saturated rings. The van der Waals surface area contributed by atoms with Gasteiger partial charge in [0.25, 0.3) is 0 Å². The number of hydrogen-bond donors (Lipinski definition) is 3. The monoisotopic (exact) mass is 532 g/mol. The van der Waals surface area contributed by atoms with Gasteiger partial charge >= 0.3 is 0 Å². The van der Waals surface area contributed by atoms with Gasteiger partial charge in [0, 0.05) is 24.8 Å². The van der Waals surface area contributed by atoms with Crippen molar-refractivity contribution in [2.75, 3.05) is 4.90 Å². The van der Waals surface area contributed by atoms with Crippen molar-refractivity contribution in [3.8, 4) is 0 Å². The molecule has 2 aromatic carbocycles. The number of amides is 4. The van der Waals surface area contributed by atoms with Crippen LogP contribution >= 0.6 is 0 Å². The molecule has 2 aromatic rings. The lowest BCUT2D eigenvalue weighted by atomic mass is 9.81. The van der Waals surface area contributed by atoms with Crippen molar-refractivity contribution in [2.45, 2.75) is 77.9 Å². The standard InChI is InChI=1S/C31H40N4O4/c1-4-9-23(28(32)36)24(16-19(2)3)29(37)34-25-15-14-21-12-8-13-22-17-26(35(27(21)22)31(25)39)30(38)33-18-20-10-6-5-7-11-20/h5-8,10-13,19,23-26H,4,9,14-18H2,1-3H3,(H2,32,36)(H,33,38)(H,34,37). The molecule has 2 aliphatic heterocycles. The number of primary amides is 1. The predicted molar refractivity (Wildman–Crippen MR) is 150 cm³/mol. The molecule has 0 radical (unpaired) electrons. The van der Waals surface area contributed by atoms with Crippen molar-refractivity contribution >= 4 is 29.3 Å². The van der Waals surface area contributed by atoms with E-state index in [4.69, 9.17) is 5.73 Å². The predicted octanol–water partition coefficient (Wildman–Crippen LogP) is 3.26. The number of carbonyl (C=O) groups excluding carboxylic acids is 4. The minimum Gasteiger partial charge on any atom is -0.369 e. The summed E-state index contributed by atoms with van der Waals surface area (Å²) in [6, 6.07) is 14.0. The fourth-order valence-electron chi connectivity index (χ4n) is 5.97. The highest BCUT2D eigenvalue weighted by molar-refractivity contribution is 6.08. The van der Waals surface area contributed by atoms with E-state index >= 15 is 0 Å². The van der Waals surface area contributed by atoms with Gasteiger partial charge in [-0.3, -0.25) is 24.1 Å². The van der Waals surface area contributed by atoms with Crippen molar-refractivity contribution in [1.82, 2.24) is 10.6 Å². The molecule has 4 N–H and O–H groups in total. The summed E-state index contributed by atoms with van der Waals surface area (Å²) in [5.41, 5.74) is 9.43. The molecule has 0 aliphatic carbocycles. The number of aryl methyl sites for hydroxylation is 1. The van der Waals surface area contributed by atoms with Gasteiger partial charge in [-0.1, -0.05) is 75.7 Å². The van der Waals surface area contributed by atoms with Gasteiger partial charge in [-0.15, -0.1) is 0 Å². The Morgan fingerprint density at radius 2 is 1.74 bits per heavy atom. The van der Waals surface area contributed by atoms with Crippen molar-refractivity contribution in [3.05, 3.63) is 65.2 Å². The van der Waals surface area contributed by atoms with Gasteiger partial charge in [-0.05, 0) is 48.3 Å². The van der Waals surface area contributed by atoms with E-state index in [1.165, 1.54) is 0 Å². The molecule has 4 amide bonds. The minimum atomic E-state index is -0.801. The van der Waals surface area contributed by atoms with Gasteiger partial charge in [0.1, 0.15) is 12.1 Å². The Bertz CT molecular complexity index is 1210. The van der Waals surface area contributed by atoms with Gasteiger partial charge < -0.3 is 16.4 Å². The fraction of sp³-hybridized carbons (Fsp3) is 0.484. The van der Waals surface area contributed by atoms with Crippen LogP contribution in [0.2, 0.25) is 0 Å². The molecule has 2 heterocycles. The number of rotatable bonds is 11. The van der Waals surface area contributed by atoms with E-state index in [-0.39, 0.29) is 23.6 Å². The highest BCUT2D eigenvalue weighted by atomic mass is 16.2. The van der Waals surface area contributed by atoms with Gasteiger partial charge in [-0.2, -0.15) is 0 Å². The fourth-order valence-corrected chi connectivity index (χ4v) is 5.97. The molecule has 4 unspecified atom stereocenters. The van der Waals surface area contributed by atoms with E-state index in [1.807, 2.05) is 69.3 Å². The summed E-state index contributed by atoms with van der Waals surface area (Å²) in [6.07, 6.45) is 3.18. The van der Waals surface area contributed by atoms with Gasteiger partial charge in [0.2, 0.25) is 23.6 Å². The van der Waals surface area contributed by atoms with Crippen molar-refractivity contribution in [1.29, 1.82) is 0 Å². The van der Waals surface area contributed by atoms with Crippen LogP contribution in [0, 0.1) is 17.8 Å². The van der Waals surface area contributed by atoms with E-state index in [0.29, 0.717) is 38.6 Å². The maximum Gasteiger partial charge on any atom is 0.250 e. The minimum absolute atomic E-state index is 0.173. The number of benzene rings is 2. The number of carbonyl (C=O) groups is 4. The molecule has 2 aliphatic rings. The summed E-state index contributed by atoms with van der Waals surface area (Å²) < 4.78 is 0. The first kappa shape index (κ1) is 28.3. The lowest BCUT2D eigenvalue weighted by Gasteiger charge is -2.30. The Morgan fingerprint density at radius 1 is 1.03 bits per heavy atom. The third-order valence-corrected chi connectivity index (χ3v) is 7.85. The molecule has 8 heteroatoms. The Labute approximate surface area is 230 Å². The van der Waals surface area contributed by atoms with Crippen LogP contribution in [0.5, 0.6) is 0 Å². The van der Waals surface area contributed by atoms with Crippen molar-refractivity contribution in [2.24, 2.45) is 23.5 Å². The summed E-state index contributed by atoms with van der Waals surface area (Å²) in [6.45, 7) is 6.33. The number of hydrogen-bond acceptors (Lipinski definition) is 4. The van der Waals surface area contributed by atoms with Crippen LogP contribution in [0.25, 0.3) is 0 Å². The zero-order valence-electron chi connectivity index (χ0n) is 23.1. The van der Waals surface area contributed by atoms with E-state index < -0.39 is 29.8 Å². The maximum atomic E-state index is 14.0. The van der Waals surface area contributed by atoms with Crippen molar-refractivity contribution < 1.29 is 19.2 Å². The highest BCUT2D eigenvalue weighted by Gasteiger charge is 2.44. The molecule has 0 saturated carbocycles. The average Bonchev–Trinajstić information content (AvgIpc) is 3.25. The SMILES string of the molecule is CCCC(C(N)=O)C(CC(C)C)C(=O)NC1CCc2cccc3c2N(C1=O)C(C(=O)NCc1ccccc1)C3. The molecule has 0 spiro atoms. The van der Waals surface area contributed by atoms with Gasteiger partial charge in [-0.25, -0.2) is 0 Å². The van der Waals surface area contributed by atoms with Crippen LogP contribution < -0.4 is 21.3 Å². The molecule has 39 heavy (non-hydrogen) atoms. The summed E-state index contributed by atoms with van der Waals surface area (Å²) >= 11 is 0. The van der Waals surface area contributed by atoms with E-state index in [9.17, 15) is 19.2 Å². The molecule has 8 nitrogen and oxygen atoms in total. The second-order valence-electron chi connectivity index (χ2n) is 11.2. The first-order valence-corrected chi connectivity index (χ1v) is 14.1. The summed E-state index contributed by atoms with van der Waals surface area (Å²) in [4.78, 5) is 54.9. The van der Waals surface area contributed by atoms with Crippen molar-refractivity contribution in [3.63, 3.8) is 0 Å². The second-order valence-corrected chi connectivity index (χ2v) is 11.2. The summed E-state index contributed by atoms with van der Waals surface area (Å²) in [7, 11) is 0. The molecule has 0 aromatic heterocycles. The third kappa shape index (κ3) is 6.32. The van der Waals surface area contributed by atoms with Crippen LogP contribution in [-0.4, -0.2) is 35.7 Å². The normalized spacial score (nSPS) is 19.7. The Balaban J connectivity index is 1.57. The first-order valence-electron chi connectivity index (χ1n) is 14.1. The lowest BCUT2D eigenvalue weighted by molar-refractivity contribution is -0.136. The number of para-hydroxylation sites is 1. The first-order chi connectivity index (χ1) is 18.7. The van der Waals surface area contributed by atoms with E-state index in [2.05, 4.69) is 10.6 Å². The molecular formula is C31H40N4O4. The molecule has 0 bridgehead atoms. The smallest absolute Gasteiger partial charge is 0.250 e. The zero-order chi connectivity index (χ0) is 28.1. The van der Waals surface area contributed by atoms with Crippen LogP contribution in [0.1, 0.15) is 63.1 Å². The van der Waals surface area contributed by atoms with E-state index in [1.54, 1.807) is 4.90 Å². The third-order valence-electron chi connectivity index (χ3n) is 7.85. The maximum absolute atomic E-state index is 14.0. The highest BCUT2D eigenvalue weighted by Crippen LogP contribution is 2.39. The molecule has 208 valence electrons. The van der Waals surface area contributed by atoms with E-state index in [0.717, 1.165) is 28.8 Å². The van der Waals surface area contributed by atoms with Crippen LogP contribution in [0.3, 0.4) is 0 Å². The molecular weight excluding hydrogens is 492 g/mol. The van der Waals surface area contributed by atoms with Gasteiger partial charge in [0.05, 0.1) is 5.69 Å². The van der Waals surface area contributed by atoms with Crippen LogP contribution in [0.4, 0.5) is 5.69 Å². The van der Waals surface area contributed by atoms with Gasteiger partial charge in [0.15, 0.2) is 0 Å². The number of nitrogens with zero attached hydrogens (tertiary/aromatic N) is 1. The zero-order valence-corrected chi connectivity index (χ0v) is 23.1.